The van der Waals surface area contributed by atoms with Crippen LogP contribution in [0.1, 0.15) is 47.2 Å². The molecular formula is C25H24BrFN2O2. The molecule has 1 aliphatic rings. The Morgan fingerprint density at radius 3 is 2.61 bits per heavy atom. The van der Waals surface area contributed by atoms with E-state index in [-0.39, 0.29) is 23.5 Å². The van der Waals surface area contributed by atoms with Gasteiger partial charge in [-0.1, -0.05) is 46.3 Å². The van der Waals surface area contributed by atoms with E-state index in [2.05, 4.69) is 21.2 Å². The number of piperidine rings is 1. The van der Waals surface area contributed by atoms with Gasteiger partial charge in [0.1, 0.15) is 5.82 Å². The molecule has 1 N–H and O–H groups in total. The Morgan fingerprint density at radius 2 is 1.87 bits per heavy atom. The van der Waals surface area contributed by atoms with Gasteiger partial charge in [0.05, 0.1) is 0 Å². The topological polar surface area (TPSA) is 49.4 Å². The van der Waals surface area contributed by atoms with Gasteiger partial charge in [-0.25, -0.2) is 4.39 Å². The number of fused-ring (bicyclic) bond motifs is 1. The summed E-state index contributed by atoms with van der Waals surface area (Å²) in [6.07, 6.45) is 1.43. The third kappa shape index (κ3) is 4.79. The molecule has 0 saturated carbocycles. The van der Waals surface area contributed by atoms with Gasteiger partial charge in [0.25, 0.3) is 5.91 Å². The van der Waals surface area contributed by atoms with Crippen LogP contribution >= 0.6 is 15.9 Å². The lowest BCUT2D eigenvalue weighted by Gasteiger charge is -2.32. The van der Waals surface area contributed by atoms with Crippen LogP contribution in [-0.4, -0.2) is 29.8 Å². The van der Waals surface area contributed by atoms with E-state index < -0.39 is 0 Å². The van der Waals surface area contributed by atoms with Crippen molar-refractivity contribution in [1.82, 2.24) is 10.2 Å². The van der Waals surface area contributed by atoms with Crippen molar-refractivity contribution >= 4 is 38.5 Å². The number of benzene rings is 3. The number of carbonyl (C=O) groups excluding carboxylic acids is 2. The molecule has 0 atom stereocenters. The van der Waals surface area contributed by atoms with E-state index in [1.165, 1.54) is 13.0 Å². The maximum atomic E-state index is 14.5. The molecular weight excluding hydrogens is 459 g/mol. The van der Waals surface area contributed by atoms with Crippen LogP contribution in [0.25, 0.3) is 10.8 Å². The highest BCUT2D eigenvalue weighted by atomic mass is 79.9. The minimum absolute atomic E-state index is 0.0141. The van der Waals surface area contributed by atoms with Gasteiger partial charge in [0.15, 0.2) is 0 Å². The van der Waals surface area contributed by atoms with E-state index in [0.29, 0.717) is 43.6 Å². The van der Waals surface area contributed by atoms with Crippen molar-refractivity contribution in [3.05, 3.63) is 81.6 Å². The summed E-state index contributed by atoms with van der Waals surface area (Å²) in [7, 11) is 0. The summed E-state index contributed by atoms with van der Waals surface area (Å²) in [5.74, 6) is -0.260. The Bertz CT molecular complexity index is 1140. The molecule has 0 aliphatic carbocycles. The second-order valence-corrected chi connectivity index (χ2v) is 8.86. The number of hydrogen-bond donors (Lipinski definition) is 1. The Labute approximate surface area is 189 Å². The van der Waals surface area contributed by atoms with Crippen LogP contribution in [0.5, 0.6) is 0 Å². The van der Waals surface area contributed by atoms with Gasteiger partial charge in [-0.15, -0.1) is 0 Å². The van der Waals surface area contributed by atoms with Gasteiger partial charge < -0.3 is 10.2 Å². The first kappa shape index (κ1) is 21.5. The van der Waals surface area contributed by atoms with Gasteiger partial charge in [-0.05, 0) is 64.9 Å². The molecule has 0 aromatic heterocycles. The number of rotatable bonds is 4. The van der Waals surface area contributed by atoms with Crippen LogP contribution in [0.2, 0.25) is 0 Å². The molecule has 0 spiro atoms. The minimum Gasteiger partial charge on any atom is -0.352 e. The number of amides is 2. The molecule has 31 heavy (non-hydrogen) atoms. The van der Waals surface area contributed by atoms with Gasteiger partial charge in [0, 0.05) is 36.6 Å². The average molecular weight is 483 g/mol. The summed E-state index contributed by atoms with van der Waals surface area (Å²) < 4.78 is 15.5. The van der Waals surface area contributed by atoms with Gasteiger partial charge in [-0.3, -0.25) is 9.59 Å². The number of nitrogens with zero attached hydrogens (tertiary/aromatic N) is 1. The lowest BCUT2D eigenvalue weighted by molar-refractivity contribution is -0.119. The maximum absolute atomic E-state index is 14.5. The van der Waals surface area contributed by atoms with Gasteiger partial charge in [-0.2, -0.15) is 0 Å². The number of likely N-dealkylation sites (tertiary alicyclic amines) is 1. The Hall–Kier alpha value is -2.73. The summed E-state index contributed by atoms with van der Waals surface area (Å²) in [6.45, 7) is 3.04. The smallest absolute Gasteiger partial charge is 0.253 e. The number of hydrogen-bond acceptors (Lipinski definition) is 2. The second kappa shape index (κ2) is 9.18. The molecule has 3 aromatic carbocycles. The molecule has 1 fully saturated rings. The Balaban J connectivity index is 1.44. The third-order valence-corrected chi connectivity index (χ3v) is 6.59. The molecule has 0 radical (unpaired) electrons. The molecule has 160 valence electrons. The molecule has 3 aromatic rings. The number of halogens is 2. The summed E-state index contributed by atoms with van der Waals surface area (Å²) in [4.78, 5) is 26.0. The molecule has 0 bridgehead atoms. The largest absolute Gasteiger partial charge is 0.352 e. The van der Waals surface area contributed by atoms with E-state index >= 15 is 0 Å². The minimum atomic E-state index is -0.226. The van der Waals surface area contributed by atoms with E-state index in [4.69, 9.17) is 0 Å². The third-order valence-electron chi connectivity index (χ3n) is 5.90. The maximum Gasteiger partial charge on any atom is 0.253 e. The summed E-state index contributed by atoms with van der Waals surface area (Å²) in [5, 5.41) is 4.85. The molecule has 0 unspecified atom stereocenters. The molecule has 4 rings (SSSR count). The zero-order valence-corrected chi connectivity index (χ0v) is 18.9. The van der Waals surface area contributed by atoms with E-state index in [0.717, 1.165) is 20.8 Å². The van der Waals surface area contributed by atoms with Gasteiger partial charge >= 0.3 is 0 Å². The predicted octanol–water partition coefficient (Wildman–Crippen LogP) is 5.40. The normalized spacial score (nSPS) is 14.6. The fourth-order valence-corrected chi connectivity index (χ4v) is 4.71. The highest BCUT2D eigenvalue weighted by Crippen LogP contribution is 2.32. The Morgan fingerprint density at radius 1 is 1.10 bits per heavy atom. The van der Waals surface area contributed by atoms with E-state index in [9.17, 15) is 14.0 Å². The molecule has 1 heterocycles. The van der Waals surface area contributed by atoms with Crippen molar-refractivity contribution in [3.8, 4) is 0 Å². The van der Waals surface area contributed by atoms with Crippen molar-refractivity contribution in [3.63, 3.8) is 0 Å². The zero-order chi connectivity index (χ0) is 22.0. The summed E-state index contributed by atoms with van der Waals surface area (Å²) in [5.41, 5.74) is 2.23. The molecule has 4 nitrogen and oxygen atoms in total. The SMILES string of the molecule is CC(=O)NCc1ccc(F)c(C2CCN(C(=O)c3ccc4c(Br)cccc4c3)CC2)c1. The molecule has 6 heteroatoms. The predicted molar refractivity (Wildman–Crippen MR) is 123 cm³/mol. The highest BCUT2D eigenvalue weighted by molar-refractivity contribution is 9.10. The van der Waals surface area contributed by atoms with Crippen molar-refractivity contribution in [2.75, 3.05) is 13.1 Å². The van der Waals surface area contributed by atoms with Crippen molar-refractivity contribution in [2.24, 2.45) is 0 Å². The number of carbonyl (C=O) groups is 2. The summed E-state index contributed by atoms with van der Waals surface area (Å²) in [6, 6.07) is 16.7. The van der Waals surface area contributed by atoms with Crippen LogP contribution in [0.15, 0.2) is 59.1 Å². The van der Waals surface area contributed by atoms with Crippen LogP contribution in [0.4, 0.5) is 4.39 Å². The summed E-state index contributed by atoms with van der Waals surface area (Å²) >= 11 is 3.54. The van der Waals surface area contributed by atoms with E-state index in [1.54, 1.807) is 6.07 Å². The molecule has 1 aliphatic heterocycles. The fraction of sp³-hybridized carbons (Fsp3) is 0.280. The average Bonchev–Trinajstić information content (AvgIpc) is 2.78. The van der Waals surface area contributed by atoms with Crippen molar-refractivity contribution < 1.29 is 14.0 Å². The highest BCUT2D eigenvalue weighted by Gasteiger charge is 2.26. The van der Waals surface area contributed by atoms with Gasteiger partial charge in [0.2, 0.25) is 5.91 Å². The second-order valence-electron chi connectivity index (χ2n) is 8.01. The first-order chi connectivity index (χ1) is 14.9. The van der Waals surface area contributed by atoms with E-state index in [1.807, 2.05) is 47.4 Å². The quantitative estimate of drug-likeness (QED) is 0.541. The Kier molecular flexibility index (Phi) is 6.37. The van der Waals surface area contributed by atoms with Crippen LogP contribution in [0, 0.1) is 5.82 Å². The van der Waals surface area contributed by atoms with Crippen LogP contribution in [0.3, 0.4) is 0 Å². The van der Waals surface area contributed by atoms with Crippen molar-refractivity contribution in [1.29, 1.82) is 0 Å². The molecule has 1 saturated heterocycles. The standard InChI is InChI=1S/C25H24BrFN2O2/c1-16(30)28-15-17-5-8-24(27)22(13-17)18-9-11-29(12-10-18)25(31)20-6-7-21-19(14-20)3-2-4-23(21)26/h2-8,13-14,18H,9-12,15H2,1H3,(H,28,30). The van der Waals surface area contributed by atoms with Crippen LogP contribution < -0.4 is 5.32 Å². The molecule has 2 amide bonds. The van der Waals surface area contributed by atoms with Crippen molar-refractivity contribution in [2.45, 2.75) is 32.2 Å². The zero-order valence-electron chi connectivity index (χ0n) is 17.3. The number of nitrogens with one attached hydrogen (secondary N) is 1. The monoisotopic (exact) mass is 482 g/mol. The fourth-order valence-electron chi connectivity index (χ4n) is 4.20. The first-order valence-electron chi connectivity index (χ1n) is 10.4. The lowest BCUT2D eigenvalue weighted by Crippen LogP contribution is -2.38. The van der Waals surface area contributed by atoms with Crippen LogP contribution in [-0.2, 0) is 11.3 Å². The lowest BCUT2D eigenvalue weighted by atomic mass is 9.88. The first-order valence-corrected chi connectivity index (χ1v) is 11.2.